The first-order valence-electron chi connectivity index (χ1n) is 9.19. The number of benzene rings is 2. The number of primary amides is 1. The molecule has 2 N–H and O–H groups in total. The Labute approximate surface area is 175 Å². The van der Waals surface area contributed by atoms with Crippen LogP contribution in [0.2, 0.25) is 0 Å². The fourth-order valence-electron chi connectivity index (χ4n) is 3.36. The number of hydrogen-bond acceptors (Lipinski definition) is 4. The quantitative estimate of drug-likeness (QED) is 0.684. The Hall–Kier alpha value is -3.33. The van der Waals surface area contributed by atoms with Crippen LogP contribution < -0.4 is 15.5 Å². The number of anilines is 2. The van der Waals surface area contributed by atoms with Crippen LogP contribution in [0, 0.1) is 24.5 Å². The van der Waals surface area contributed by atoms with E-state index < -0.39 is 23.5 Å². The van der Waals surface area contributed by atoms with Gasteiger partial charge in [-0.2, -0.15) is 0 Å². The number of urea groups is 1. The molecule has 0 saturated carbocycles. The summed E-state index contributed by atoms with van der Waals surface area (Å²) in [5, 5.41) is 2.32. The molecule has 0 aliphatic carbocycles. The van der Waals surface area contributed by atoms with Crippen molar-refractivity contribution >= 4 is 34.1 Å². The van der Waals surface area contributed by atoms with Gasteiger partial charge < -0.3 is 5.73 Å². The molecule has 30 heavy (non-hydrogen) atoms. The molecule has 1 saturated heterocycles. The van der Waals surface area contributed by atoms with Gasteiger partial charge in [0.05, 0.1) is 11.6 Å². The number of thiazole rings is 1. The van der Waals surface area contributed by atoms with Gasteiger partial charge in [0.15, 0.2) is 5.13 Å². The van der Waals surface area contributed by atoms with E-state index in [0.717, 1.165) is 23.9 Å². The number of nitrogens with two attached hydrogens (primary N) is 1. The number of carbonyl (C=O) groups is 2. The lowest BCUT2D eigenvalue weighted by atomic mass is 10.0. The monoisotopic (exact) mass is 428 g/mol. The highest BCUT2D eigenvalue weighted by atomic mass is 32.1. The number of aryl methyl sites for hydroxylation is 1. The molecule has 1 aliphatic rings. The van der Waals surface area contributed by atoms with Crippen LogP contribution in [0.5, 0.6) is 0 Å². The molecule has 154 valence electrons. The van der Waals surface area contributed by atoms with Crippen molar-refractivity contribution in [2.24, 2.45) is 11.7 Å². The van der Waals surface area contributed by atoms with E-state index in [-0.39, 0.29) is 24.7 Å². The summed E-state index contributed by atoms with van der Waals surface area (Å²) in [6.45, 7) is 2.11. The first kappa shape index (κ1) is 20.0. The van der Waals surface area contributed by atoms with E-state index in [1.165, 1.54) is 21.1 Å². The molecule has 0 bridgehead atoms. The number of halogens is 2. The molecule has 1 fully saturated rings. The van der Waals surface area contributed by atoms with Crippen molar-refractivity contribution in [2.45, 2.75) is 6.92 Å². The maximum atomic E-state index is 14.1. The van der Waals surface area contributed by atoms with Crippen LogP contribution in [0.15, 0.2) is 47.8 Å². The summed E-state index contributed by atoms with van der Waals surface area (Å²) in [6.07, 6.45) is 0. The minimum atomic E-state index is -0.577. The highest BCUT2D eigenvalue weighted by molar-refractivity contribution is 7.14. The van der Waals surface area contributed by atoms with Crippen molar-refractivity contribution in [1.29, 1.82) is 0 Å². The van der Waals surface area contributed by atoms with Crippen LogP contribution in [-0.2, 0) is 4.79 Å². The largest absolute Gasteiger partial charge is 0.369 e. The molecular formula is C21H18F2N4O2S. The number of aromatic nitrogens is 1. The highest BCUT2D eigenvalue weighted by Gasteiger charge is 2.37. The molecule has 3 amide bonds. The summed E-state index contributed by atoms with van der Waals surface area (Å²) in [5.41, 5.74) is 7.42. The number of hydrogen-bond donors (Lipinski definition) is 1. The molecule has 1 unspecified atom stereocenters. The molecule has 2 heterocycles. The Bertz CT molecular complexity index is 1120. The van der Waals surface area contributed by atoms with Gasteiger partial charge in [0, 0.05) is 29.7 Å². The Morgan fingerprint density at radius 1 is 1.13 bits per heavy atom. The van der Waals surface area contributed by atoms with Gasteiger partial charge in [-0.25, -0.2) is 18.6 Å². The summed E-state index contributed by atoms with van der Waals surface area (Å²) < 4.78 is 27.6. The number of rotatable bonds is 4. The lowest BCUT2D eigenvalue weighted by molar-refractivity contribution is -0.121. The van der Waals surface area contributed by atoms with E-state index in [0.29, 0.717) is 16.4 Å². The molecule has 0 radical (unpaired) electrons. The summed E-state index contributed by atoms with van der Waals surface area (Å²) in [7, 11) is 0. The lowest BCUT2D eigenvalue weighted by Gasteiger charge is -2.37. The van der Waals surface area contributed by atoms with Gasteiger partial charge in [-0.1, -0.05) is 12.1 Å². The standard InChI is InChI=1S/C21H18F2N4O2S/c1-12-11-30-20(25-12)27-10-14(19(24)28)9-26(21(27)29)16-5-2-13(3-6-16)17-8-15(22)4-7-18(17)23/h2-8,11,14H,9-10H2,1H3,(H2,24,28). The summed E-state index contributed by atoms with van der Waals surface area (Å²) >= 11 is 1.31. The van der Waals surface area contributed by atoms with Crippen LogP contribution in [0.3, 0.4) is 0 Å². The van der Waals surface area contributed by atoms with Gasteiger partial charge in [0.1, 0.15) is 11.6 Å². The second-order valence-corrected chi connectivity index (χ2v) is 7.88. The summed E-state index contributed by atoms with van der Waals surface area (Å²) in [5.74, 6) is -2.17. The maximum Gasteiger partial charge on any atom is 0.330 e. The minimum Gasteiger partial charge on any atom is -0.369 e. The minimum absolute atomic E-state index is 0.126. The van der Waals surface area contributed by atoms with Crippen LogP contribution in [0.1, 0.15) is 5.69 Å². The Morgan fingerprint density at radius 3 is 2.47 bits per heavy atom. The van der Waals surface area contributed by atoms with Crippen molar-refractivity contribution < 1.29 is 18.4 Å². The third kappa shape index (κ3) is 3.76. The first-order valence-corrected chi connectivity index (χ1v) is 10.1. The zero-order valence-electron chi connectivity index (χ0n) is 16.0. The average Bonchev–Trinajstić information content (AvgIpc) is 3.16. The molecule has 2 aromatic carbocycles. The van der Waals surface area contributed by atoms with Crippen LogP contribution in [-0.4, -0.2) is 30.0 Å². The molecule has 4 rings (SSSR count). The third-order valence-corrected chi connectivity index (χ3v) is 5.91. The fourth-order valence-corrected chi connectivity index (χ4v) is 4.17. The number of amides is 3. The molecule has 1 aliphatic heterocycles. The van der Waals surface area contributed by atoms with E-state index in [2.05, 4.69) is 4.98 Å². The second kappa shape index (κ2) is 7.83. The third-order valence-electron chi connectivity index (χ3n) is 4.93. The van der Waals surface area contributed by atoms with Crippen LogP contribution in [0.25, 0.3) is 11.1 Å². The molecule has 6 nitrogen and oxygen atoms in total. The maximum absolute atomic E-state index is 14.1. The average molecular weight is 428 g/mol. The number of carbonyl (C=O) groups excluding carboxylic acids is 2. The van der Waals surface area contributed by atoms with Crippen molar-refractivity contribution in [2.75, 3.05) is 22.9 Å². The molecular weight excluding hydrogens is 410 g/mol. The summed E-state index contributed by atoms with van der Waals surface area (Å²) in [6, 6.07) is 9.38. The predicted octanol–water partition coefficient (Wildman–Crippen LogP) is 3.94. The Balaban J connectivity index is 1.66. The van der Waals surface area contributed by atoms with Gasteiger partial charge in [-0.05, 0) is 42.8 Å². The molecule has 1 atom stereocenters. The molecule has 0 spiro atoms. The molecule has 9 heteroatoms. The second-order valence-electron chi connectivity index (χ2n) is 7.05. The Morgan fingerprint density at radius 2 is 1.83 bits per heavy atom. The van der Waals surface area contributed by atoms with Gasteiger partial charge in [0.25, 0.3) is 0 Å². The predicted molar refractivity (Wildman–Crippen MR) is 111 cm³/mol. The first-order chi connectivity index (χ1) is 14.3. The fraction of sp³-hybridized carbons (Fsp3) is 0.190. The number of nitrogens with zero attached hydrogens (tertiary/aromatic N) is 3. The van der Waals surface area contributed by atoms with Crippen molar-refractivity contribution in [3.05, 3.63) is 65.2 Å². The zero-order chi connectivity index (χ0) is 21.4. The van der Waals surface area contributed by atoms with E-state index in [9.17, 15) is 18.4 Å². The van der Waals surface area contributed by atoms with Crippen LogP contribution >= 0.6 is 11.3 Å². The van der Waals surface area contributed by atoms with Gasteiger partial charge in [-0.3, -0.25) is 14.6 Å². The highest BCUT2D eigenvalue weighted by Crippen LogP contribution is 2.31. The molecule has 1 aromatic heterocycles. The van der Waals surface area contributed by atoms with Crippen molar-refractivity contribution in [3.63, 3.8) is 0 Å². The van der Waals surface area contributed by atoms with E-state index in [1.807, 2.05) is 12.3 Å². The van der Waals surface area contributed by atoms with E-state index in [4.69, 9.17) is 5.73 Å². The van der Waals surface area contributed by atoms with Gasteiger partial charge in [0.2, 0.25) is 5.91 Å². The Kier molecular flexibility index (Phi) is 5.21. The zero-order valence-corrected chi connectivity index (χ0v) is 16.8. The smallest absolute Gasteiger partial charge is 0.330 e. The van der Waals surface area contributed by atoms with Crippen molar-refractivity contribution in [1.82, 2.24) is 4.98 Å². The van der Waals surface area contributed by atoms with Crippen molar-refractivity contribution in [3.8, 4) is 11.1 Å². The normalized spacial score (nSPS) is 16.8. The van der Waals surface area contributed by atoms with E-state index in [1.54, 1.807) is 24.3 Å². The van der Waals surface area contributed by atoms with Gasteiger partial charge in [-0.15, -0.1) is 11.3 Å². The summed E-state index contributed by atoms with van der Waals surface area (Å²) in [4.78, 5) is 32.2. The molecule has 3 aromatic rings. The topological polar surface area (TPSA) is 79.5 Å². The van der Waals surface area contributed by atoms with Gasteiger partial charge >= 0.3 is 6.03 Å². The van der Waals surface area contributed by atoms with Crippen LogP contribution in [0.4, 0.5) is 24.4 Å². The SMILES string of the molecule is Cc1csc(N2CC(C(N)=O)CN(c3ccc(-c4cc(F)ccc4F)cc3)C2=O)n1. The lowest BCUT2D eigenvalue weighted by Crippen LogP contribution is -2.56. The van der Waals surface area contributed by atoms with E-state index >= 15 is 0 Å².